The minimum absolute atomic E-state index is 0.300. The van der Waals surface area contributed by atoms with Crippen LogP contribution in [0.1, 0.15) is 11.1 Å². The van der Waals surface area contributed by atoms with Crippen LogP contribution in [0.4, 0.5) is 14.5 Å². The van der Waals surface area contributed by atoms with Gasteiger partial charge in [-0.25, -0.2) is 17.2 Å². The normalized spacial score (nSPS) is 16.2. The molecule has 2 aromatic carbocycles. The van der Waals surface area contributed by atoms with Crippen LogP contribution in [0, 0.1) is 25.5 Å². The number of sulfonamides is 1. The third-order valence-corrected chi connectivity index (χ3v) is 6.51. The first-order chi connectivity index (χ1) is 11.8. The number of hydrogen-bond acceptors (Lipinski definition) is 3. The van der Waals surface area contributed by atoms with Crippen molar-refractivity contribution in [1.82, 2.24) is 4.31 Å². The first-order valence-corrected chi connectivity index (χ1v) is 9.50. The summed E-state index contributed by atoms with van der Waals surface area (Å²) in [5.74, 6) is -1.79. The quantitative estimate of drug-likeness (QED) is 0.838. The lowest BCUT2D eigenvalue weighted by atomic mass is 10.2. The van der Waals surface area contributed by atoms with Crippen LogP contribution >= 0.6 is 0 Å². The van der Waals surface area contributed by atoms with Gasteiger partial charge >= 0.3 is 0 Å². The summed E-state index contributed by atoms with van der Waals surface area (Å²) in [5.41, 5.74) is 2.17. The van der Waals surface area contributed by atoms with Crippen molar-refractivity contribution in [3.63, 3.8) is 0 Å². The molecule has 0 unspecified atom stereocenters. The SMILES string of the molecule is Cc1ccc(C)c(S(=O)(=O)N2CCN(c3ccc(F)c(F)c3)CC2)c1. The molecule has 1 saturated heterocycles. The Kier molecular flexibility index (Phi) is 4.79. The van der Waals surface area contributed by atoms with Gasteiger partial charge in [0, 0.05) is 37.9 Å². The van der Waals surface area contributed by atoms with Crippen LogP contribution in [0.15, 0.2) is 41.3 Å². The Hall–Kier alpha value is -1.99. The van der Waals surface area contributed by atoms with Gasteiger partial charge in [-0.2, -0.15) is 4.31 Å². The average molecular weight is 366 g/mol. The van der Waals surface area contributed by atoms with Gasteiger partial charge in [0.2, 0.25) is 10.0 Å². The van der Waals surface area contributed by atoms with Gasteiger partial charge in [-0.3, -0.25) is 0 Å². The number of anilines is 1. The van der Waals surface area contributed by atoms with Crippen molar-refractivity contribution < 1.29 is 17.2 Å². The molecular weight excluding hydrogens is 346 g/mol. The molecule has 1 aliphatic heterocycles. The molecule has 0 amide bonds. The molecule has 0 N–H and O–H groups in total. The molecule has 0 spiro atoms. The maximum absolute atomic E-state index is 13.4. The third kappa shape index (κ3) is 3.52. The molecule has 1 aliphatic rings. The number of aryl methyl sites for hydroxylation is 2. The summed E-state index contributed by atoms with van der Waals surface area (Å²) in [4.78, 5) is 2.19. The van der Waals surface area contributed by atoms with Crippen molar-refractivity contribution >= 4 is 15.7 Å². The van der Waals surface area contributed by atoms with Gasteiger partial charge in [0.15, 0.2) is 11.6 Å². The first kappa shape index (κ1) is 17.8. The van der Waals surface area contributed by atoms with Crippen molar-refractivity contribution in [3.05, 3.63) is 59.2 Å². The third-order valence-electron chi connectivity index (χ3n) is 4.47. The van der Waals surface area contributed by atoms with E-state index in [1.54, 1.807) is 19.1 Å². The zero-order valence-corrected chi connectivity index (χ0v) is 15.0. The smallest absolute Gasteiger partial charge is 0.243 e. The topological polar surface area (TPSA) is 40.6 Å². The lowest BCUT2D eigenvalue weighted by molar-refractivity contribution is 0.384. The van der Waals surface area contributed by atoms with Crippen molar-refractivity contribution in [2.45, 2.75) is 18.7 Å². The fraction of sp³-hybridized carbons (Fsp3) is 0.333. The molecule has 0 atom stereocenters. The molecule has 1 fully saturated rings. The molecule has 0 bridgehead atoms. The highest BCUT2D eigenvalue weighted by atomic mass is 32.2. The van der Waals surface area contributed by atoms with Crippen LogP contribution in [-0.4, -0.2) is 38.9 Å². The molecule has 7 heteroatoms. The maximum Gasteiger partial charge on any atom is 0.243 e. The van der Waals surface area contributed by atoms with E-state index in [0.717, 1.165) is 17.7 Å². The van der Waals surface area contributed by atoms with Gasteiger partial charge in [-0.05, 0) is 43.2 Å². The van der Waals surface area contributed by atoms with E-state index in [0.29, 0.717) is 42.3 Å². The predicted molar refractivity (Wildman–Crippen MR) is 93.2 cm³/mol. The summed E-state index contributed by atoms with van der Waals surface area (Å²) >= 11 is 0. The van der Waals surface area contributed by atoms with Gasteiger partial charge in [-0.15, -0.1) is 0 Å². The van der Waals surface area contributed by atoms with Gasteiger partial charge < -0.3 is 4.90 Å². The highest BCUT2D eigenvalue weighted by molar-refractivity contribution is 7.89. The predicted octanol–water partition coefficient (Wildman–Crippen LogP) is 3.09. The van der Waals surface area contributed by atoms with E-state index < -0.39 is 21.7 Å². The number of hydrogen-bond donors (Lipinski definition) is 0. The summed E-state index contributed by atoms with van der Waals surface area (Å²) in [6, 6.07) is 9.11. The summed E-state index contributed by atoms with van der Waals surface area (Å²) < 4.78 is 53.7. The van der Waals surface area contributed by atoms with E-state index in [-0.39, 0.29) is 0 Å². The molecule has 0 aromatic heterocycles. The average Bonchev–Trinajstić information content (AvgIpc) is 2.59. The van der Waals surface area contributed by atoms with E-state index in [9.17, 15) is 17.2 Å². The minimum atomic E-state index is -3.56. The monoisotopic (exact) mass is 366 g/mol. The molecule has 2 aromatic rings. The van der Waals surface area contributed by atoms with Gasteiger partial charge in [0.05, 0.1) is 4.90 Å². The summed E-state index contributed by atoms with van der Waals surface area (Å²) in [5, 5.41) is 0. The first-order valence-electron chi connectivity index (χ1n) is 8.06. The highest BCUT2D eigenvalue weighted by Gasteiger charge is 2.29. The Morgan fingerprint density at radius 3 is 2.20 bits per heavy atom. The van der Waals surface area contributed by atoms with E-state index in [2.05, 4.69) is 0 Å². The van der Waals surface area contributed by atoms with E-state index >= 15 is 0 Å². The fourth-order valence-corrected chi connectivity index (χ4v) is 4.72. The number of benzene rings is 2. The van der Waals surface area contributed by atoms with Crippen LogP contribution in [-0.2, 0) is 10.0 Å². The Balaban J connectivity index is 1.77. The molecular formula is C18H20F2N2O2S. The minimum Gasteiger partial charge on any atom is -0.369 e. The molecule has 3 rings (SSSR count). The summed E-state index contributed by atoms with van der Waals surface area (Å²) in [6.07, 6.45) is 0. The second-order valence-corrected chi connectivity index (χ2v) is 8.16. The Morgan fingerprint density at radius 2 is 1.56 bits per heavy atom. The second-order valence-electron chi connectivity index (χ2n) is 6.26. The molecule has 0 saturated carbocycles. The van der Waals surface area contributed by atoms with Gasteiger partial charge in [-0.1, -0.05) is 12.1 Å². The molecule has 1 heterocycles. The van der Waals surface area contributed by atoms with Crippen LogP contribution in [0.3, 0.4) is 0 Å². The highest BCUT2D eigenvalue weighted by Crippen LogP contribution is 2.25. The van der Waals surface area contributed by atoms with Crippen molar-refractivity contribution in [3.8, 4) is 0 Å². The fourth-order valence-electron chi connectivity index (χ4n) is 2.99. The molecule has 0 aliphatic carbocycles. The van der Waals surface area contributed by atoms with Crippen molar-refractivity contribution in [2.24, 2.45) is 0 Å². The molecule has 25 heavy (non-hydrogen) atoms. The number of halogens is 2. The molecule has 134 valence electrons. The molecule has 4 nitrogen and oxygen atoms in total. The van der Waals surface area contributed by atoms with E-state index in [4.69, 9.17) is 0 Å². The Morgan fingerprint density at radius 1 is 0.880 bits per heavy atom. The zero-order valence-electron chi connectivity index (χ0n) is 14.2. The standard InChI is InChI=1S/C18H20F2N2O2S/c1-13-3-4-14(2)18(11-13)25(23,24)22-9-7-21(8-10-22)15-5-6-16(19)17(20)12-15/h3-6,11-12H,7-10H2,1-2H3. The van der Waals surface area contributed by atoms with E-state index in [1.165, 1.54) is 10.4 Å². The second kappa shape index (κ2) is 6.72. The van der Waals surface area contributed by atoms with Gasteiger partial charge in [0.1, 0.15) is 0 Å². The van der Waals surface area contributed by atoms with Crippen LogP contribution in [0.25, 0.3) is 0 Å². The van der Waals surface area contributed by atoms with Crippen molar-refractivity contribution in [2.75, 3.05) is 31.1 Å². The Labute approximate surface area is 146 Å². The summed E-state index contributed by atoms with van der Waals surface area (Å²) in [7, 11) is -3.56. The largest absolute Gasteiger partial charge is 0.369 e. The number of rotatable bonds is 3. The number of piperazine rings is 1. The zero-order chi connectivity index (χ0) is 18.2. The lowest BCUT2D eigenvalue weighted by Gasteiger charge is -2.35. The molecule has 0 radical (unpaired) electrons. The van der Waals surface area contributed by atoms with Crippen LogP contribution in [0.2, 0.25) is 0 Å². The van der Waals surface area contributed by atoms with Crippen LogP contribution < -0.4 is 4.90 Å². The van der Waals surface area contributed by atoms with Gasteiger partial charge in [0.25, 0.3) is 0 Å². The van der Waals surface area contributed by atoms with Crippen molar-refractivity contribution in [1.29, 1.82) is 0 Å². The lowest BCUT2D eigenvalue weighted by Crippen LogP contribution is -2.48. The maximum atomic E-state index is 13.4. The van der Waals surface area contributed by atoms with E-state index in [1.807, 2.05) is 17.9 Å². The summed E-state index contributed by atoms with van der Waals surface area (Å²) in [6.45, 7) is 5.09. The Bertz CT molecular complexity index is 892. The van der Waals surface area contributed by atoms with Crippen LogP contribution in [0.5, 0.6) is 0 Å². The number of nitrogens with zero attached hydrogens (tertiary/aromatic N) is 2.